The molecule has 118 valence electrons. The largest absolute Gasteiger partial charge is 0.378 e. The van der Waals surface area contributed by atoms with Gasteiger partial charge < -0.3 is 9.47 Å². The summed E-state index contributed by atoms with van der Waals surface area (Å²) in [5.74, 6) is 0. The second-order valence-electron chi connectivity index (χ2n) is 6.02. The zero-order valence-electron chi connectivity index (χ0n) is 13.9. The molecule has 0 atom stereocenters. The predicted molar refractivity (Wildman–Crippen MR) is 97.9 cm³/mol. The number of hydrogen-bond acceptors (Lipinski definition) is 2. The van der Waals surface area contributed by atoms with E-state index in [-0.39, 0.29) is 5.43 Å². The van der Waals surface area contributed by atoms with E-state index in [1.807, 2.05) is 44.6 Å². The first kappa shape index (κ1) is 15.3. The van der Waals surface area contributed by atoms with Crippen LogP contribution in [0.15, 0.2) is 59.5 Å². The Kier molecular flexibility index (Phi) is 4.20. The molecule has 0 radical (unpaired) electrons. The van der Waals surface area contributed by atoms with Crippen LogP contribution in [0.3, 0.4) is 0 Å². The Morgan fingerprint density at radius 1 is 1.04 bits per heavy atom. The highest BCUT2D eigenvalue weighted by molar-refractivity contribution is 5.81. The summed E-state index contributed by atoms with van der Waals surface area (Å²) in [6, 6.07) is 16.0. The Hall–Kier alpha value is -2.55. The fraction of sp³-hybridized carbons (Fsp3) is 0.250. The van der Waals surface area contributed by atoms with Gasteiger partial charge >= 0.3 is 0 Å². The van der Waals surface area contributed by atoms with Crippen molar-refractivity contribution in [2.45, 2.75) is 19.8 Å². The number of pyridine rings is 1. The smallest absolute Gasteiger partial charge is 0.189 e. The van der Waals surface area contributed by atoms with Crippen molar-refractivity contribution < 1.29 is 0 Å². The van der Waals surface area contributed by atoms with Crippen LogP contribution >= 0.6 is 0 Å². The molecule has 23 heavy (non-hydrogen) atoms. The number of aryl methyl sites for hydroxylation is 1. The van der Waals surface area contributed by atoms with Gasteiger partial charge in [-0.1, -0.05) is 31.5 Å². The van der Waals surface area contributed by atoms with Crippen LogP contribution in [0.25, 0.3) is 16.6 Å². The normalized spacial score (nSPS) is 10.9. The molecule has 3 nitrogen and oxygen atoms in total. The zero-order valence-corrected chi connectivity index (χ0v) is 13.9. The number of hydrogen-bond donors (Lipinski definition) is 0. The number of anilines is 1. The third-order valence-corrected chi connectivity index (χ3v) is 4.17. The summed E-state index contributed by atoms with van der Waals surface area (Å²) < 4.78 is 2.13. The quantitative estimate of drug-likeness (QED) is 0.727. The van der Waals surface area contributed by atoms with Crippen molar-refractivity contribution in [2.75, 3.05) is 19.0 Å². The van der Waals surface area contributed by atoms with Crippen molar-refractivity contribution in [1.29, 1.82) is 0 Å². The summed E-state index contributed by atoms with van der Waals surface area (Å²) in [5, 5.41) is 0.757. The third-order valence-electron chi connectivity index (χ3n) is 4.17. The third kappa shape index (κ3) is 2.87. The Labute approximate surface area is 136 Å². The van der Waals surface area contributed by atoms with Gasteiger partial charge in [0.25, 0.3) is 0 Å². The van der Waals surface area contributed by atoms with Crippen molar-refractivity contribution in [1.82, 2.24) is 4.57 Å². The standard InChI is InChI=1S/C20H22N2O/c1-4-7-15-10-11-16(21(2)3)14-19(15)22-13-12-20(23)17-8-5-6-9-18(17)22/h5-6,8-14H,4,7H2,1-3H3. The van der Waals surface area contributed by atoms with E-state index >= 15 is 0 Å². The monoisotopic (exact) mass is 306 g/mol. The summed E-state index contributed by atoms with van der Waals surface area (Å²) in [5.41, 5.74) is 4.62. The summed E-state index contributed by atoms with van der Waals surface area (Å²) >= 11 is 0. The number of fused-ring (bicyclic) bond motifs is 1. The first-order valence-electron chi connectivity index (χ1n) is 8.03. The molecular formula is C20H22N2O. The van der Waals surface area contributed by atoms with Crippen LogP contribution in [0, 0.1) is 0 Å². The molecule has 0 bridgehead atoms. The van der Waals surface area contributed by atoms with Crippen LogP contribution in [-0.4, -0.2) is 18.7 Å². The molecule has 0 spiro atoms. The predicted octanol–water partition coefficient (Wildman–Crippen LogP) is 4.01. The van der Waals surface area contributed by atoms with Gasteiger partial charge in [0.1, 0.15) is 0 Å². The maximum absolute atomic E-state index is 12.1. The summed E-state index contributed by atoms with van der Waals surface area (Å²) in [6.45, 7) is 2.19. The highest BCUT2D eigenvalue weighted by atomic mass is 16.1. The molecule has 3 rings (SSSR count). The van der Waals surface area contributed by atoms with Crippen molar-refractivity contribution in [3.05, 3.63) is 70.5 Å². The molecule has 0 fully saturated rings. The number of nitrogens with zero attached hydrogens (tertiary/aromatic N) is 2. The molecular weight excluding hydrogens is 284 g/mol. The molecule has 0 aliphatic rings. The lowest BCUT2D eigenvalue weighted by molar-refractivity contribution is 0.902. The van der Waals surface area contributed by atoms with Crippen molar-refractivity contribution in [2.24, 2.45) is 0 Å². The summed E-state index contributed by atoms with van der Waals surface area (Å²) in [6.07, 6.45) is 3.99. The van der Waals surface area contributed by atoms with E-state index in [2.05, 4.69) is 34.6 Å². The van der Waals surface area contributed by atoms with Crippen LogP contribution in [0.1, 0.15) is 18.9 Å². The van der Waals surface area contributed by atoms with Gasteiger partial charge in [0.15, 0.2) is 5.43 Å². The topological polar surface area (TPSA) is 25.2 Å². The number of para-hydroxylation sites is 1. The molecule has 0 aliphatic carbocycles. The van der Waals surface area contributed by atoms with Gasteiger partial charge in [-0.05, 0) is 36.2 Å². The van der Waals surface area contributed by atoms with Crippen LogP contribution in [0.4, 0.5) is 5.69 Å². The molecule has 0 unspecified atom stereocenters. The average molecular weight is 306 g/mol. The van der Waals surface area contributed by atoms with Gasteiger partial charge in [0.05, 0.1) is 11.2 Å². The first-order chi connectivity index (χ1) is 11.1. The van der Waals surface area contributed by atoms with Gasteiger partial charge in [-0.3, -0.25) is 4.79 Å². The minimum absolute atomic E-state index is 0.0673. The molecule has 0 saturated carbocycles. The van der Waals surface area contributed by atoms with E-state index in [4.69, 9.17) is 0 Å². The highest BCUT2D eigenvalue weighted by Crippen LogP contribution is 2.25. The highest BCUT2D eigenvalue weighted by Gasteiger charge is 2.10. The zero-order chi connectivity index (χ0) is 16.4. The second-order valence-corrected chi connectivity index (χ2v) is 6.02. The lowest BCUT2D eigenvalue weighted by Gasteiger charge is -2.19. The molecule has 0 aliphatic heterocycles. The average Bonchev–Trinajstić information content (AvgIpc) is 2.56. The van der Waals surface area contributed by atoms with Crippen LogP contribution in [0.5, 0.6) is 0 Å². The minimum atomic E-state index is 0.0673. The SMILES string of the molecule is CCCc1ccc(N(C)C)cc1-n1ccc(=O)c2ccccc21. The first-order valence-corrected chi connectivity index (χ1v) is 8.03. The maximum Gasteiger partial charge on any atom is 0.189 e. The molecule has 1 heterocycles. The fourth-order valence-corrected chi connectivity index (χ4v) is 2.95. The van der Waals surface area contributed by atoms with E-state index in [0.717, 1.165) is 35.1 Å². The number of aromatic nitrogens is 1. The Balaban J connectivity index is 2.31. The van der Waals surface area contributed by atoms with E-state index in [1.54, 1.807) is 6.07 Å². The lowest BCUT2D eigenvalue weighted by atomic mass is 10.1. The maximum atomic E-state index is 12.1. The van der Waals surface area contributed by atoms with Crippen LogP contribution in [0.2, 0.25) is 0 Å². The van der Waals surface area contributed by atoms with Gasteiger partial charge in [0, 0.05) is 37.4 Å². The Morgan fingerprint density at radius 2 is 1.83 bits per heavy atom. The molecule has 0 N–H and O–H groups in total. The van der Waals surface area contributed by atoms with E-state index < -0.39 is 0 Å². The molecule has 0 saturated heterocycles. The Morgan fingerprint density at radius 3 is 2.57 bits per heavy atom. The van der Waals surface area contributed by atoms with Gasteiger partial charge in [0.2, 0.25) is 0 Å². The Bertz CT molecular complexity index is 894. The van der Waals surface area contributed by atoms with Gasteiger partial charge in [-0.15, -0.1) is 0 Å². The molecule has 0 amide bonds. The van der Waals surface area contributed by atoms with E-state index in [9.17, 15) is 4.79 Å². The molecule has 3 heteroatoms. The van der Waals surface area contributed by atoms with Crippen molar-refractivity contribution in [3.63, 3.8) is 0 Å². The van der Waals surface area contributed by atoms with Gasteiger partial charge in [-0.25, -0.2) is 0 Å². The summed E-state index contributed by atoms with van der Waals surface area (Å²) in [4.78, 5) is 14.2. The fourth-order valence-electron chi connectivity index (χ4n) is 2.95. The lowest BCUT2D eigenvalue weighted by Crippen LogP contribution is -2.12. The second kappa shape index (κ2) is 6.29. The number of rotatable bonds is 4. The minimum Gasteiger partial charge on any atom is -0.378 e. The van der Waals surface area contributed by atoms with Crippen molar-refractivity contribution in [3.8, 4) is 5.69 Å². The molecule has 3 aromatic rings. The molecule has 2 aromatic carbocycles. The summed E-state index contributed by atoms with van der Waals surface area (Å²) in [7, 11) is 4.09. The van der Waals surface area contributed by atoms with Crippen LogP contribution < -0.4 is 10.3 Å². The van der Waals surface area contributed by atoms with Crippen molar-refractivity contribution >= 4 is 16.6 Å². The van der Waals surface area contributed by atoms with E-state index in [0.29, 0.717) is 0 Å². The number of benzene rings is 2. The molecule has 1 aromatic heterocycles. The van der Waals surface area contributed by atoms with Gasteiger partial charge in [-0.2, -0.15) is 0 Å². The van der Waals surface area contributed by atoms with E-state index in [1.165, 1.54) is 5.56 Å². The van der Waals surface area contributed by atoms with Crippen LogP contribution in [-0.2, 0) is 6.42 Å².